The van der Waals surface area contributed by atoms with Crippen LogP contribution in [0.5, 0.6) is 0 Å². The summed E-state index contributed by atoms with van der Waals surface area (Å²) in [5.41, 5.74) is 6.37. The van der Waals surface area contributed by atoms with E-state index in [-0.39, 0.29) is 16.8 Å². The number of benzene rings is 1. The van der Waals surface area contributed by atoms with Crippen molar-refractivity contribution in [2.75, 3.05) is 12.3 Å². The number of nitrogen functional groups attached to an aromatic ring is 1. The zero-order valence-electron chi connectivity index (χ0n) is 11.1. The van der Waals surface area contributed by atoms with Crippen molar-refractivity contribution in [3.8, 4) is 0 Å². The lowest BCUT2D eigenvalue weighted by atomic mass is 10.2. The number of nitrogens with one attached hydrogen (secondary N) is 2. The van der Waals surface area contributed by atoms with Gasteiger partial charge in [0.05, 0.1) is 16.3 Å². The molecule has 0 spiro atoms. The van der Waals surface area contributed by atoms with Gasteiger partial charge in [0.25, 0.3) is 5.91 Å². The molecule has 0 bridgehead atoms. The molecule has 1 aliphatic rings. The maximum absolute atomic E-state index is 11.9. The van der Waals surface area contributed by atoms with Crippen LogP contribution >= 0.6 is 11.6 Å². The molecule has 1 aromatic carbocycles. The fourth-order valence-electron chi connectivity index (χ4n) is 1.80. The summed E-state index contributed by atoms with van der Waals surface area (Å²) in [6, 6.07) is 5.32. The third-order valence-corrected chi connectivity index (χ3v) is 3.50. The van der Waals surface area contributed by atoms with E-state index in [2.05, 4.69) is 10.6 Å². The minimum Gasteiger partial charge on any atom is -0.398 e. The topological polar surface area (TPSA) is 84.2 Å². The van der Waals surface area contributed by atoms with Crippen LogP contribution in [0.2, 0.25) is 5.02 Å². The summed E-state index contributed by atoms with van der Waals surface area (Å²) in [4.78, 5) is 23.3. The van der Waals surface area contributed by atoms with E-state index in [1.807, 2.05) is 0 Å². The molecule has 0 radical (unpaired) electrons. The average molecular weight is 296 g/mol. The van der Waals surface area contributed by atoms with Gasteiger partial charge in [-0.1, -0.05) is 17.7 Å². The maximum Gasteiger partial charge on any atom is 0.252 e. The first kappa shape index (κ1) is 14.7. The van der Waals surface area contributed by atoms with Gasteiger partial charge in [-0.3, -0.25) is 9.59 Å². The molecule has 2 rings (SSSR count). The van der Waals surface area contributed by atoms with Crippen LogP contribution in [0.1, 0.15) is 36.0 Å². The van der Waals surface area contributed by atoms with Crippen LogP contribution in [-0.4, -0.2) is 24.4 Å². The molecule has 5 nitrogen and oxygen atoms in total. The maximum atomic E-state index is 11.9. The van der Waals surface area contributed by atoms with Crippen LogP contribution in [0.15, 0.2) is 18.2 Å². The van der Waals surface area contributed by atoms with Crippen LogP contribution in [0.4, 0.5) is 5.69 Å². The van der Waals surface area contributed by atoms with Crippen LogP contribution in [0, 0.1) is 0 Å². The Kier molecular flexibility index (Phi) is 4.84. The molecule has 1 aromatic rings. The molecule has 0 saturated heterocycles. The Hall–Kier alpha value is -1.75. The Balaban J connectivity index is 1.71. The molecule has 1 saturated carbocycles. The SMILES string of the molecule is Nc1cccc(C(=O)NCCCC(=O)NC2CC2)c1Cl. The molecule has 20 heavy (non-hydrogen) atoms. The monoisotopic (exact) mass is 295 g/mol. The van der Waals surface area contributed by atoms with Gasteiger partial charge >= 0.3 is 0 Å². The summed E-state index contributed by atoms with van der Waals surface area (Å²) in [5.74, 6) is -0.228. The van der Waals surface area contributed by atoms with Gasteiger partial charge < -0.3 is 16.4 Å². The first-order chi connectivity index (χ1) is 9.58. The summed E-state index contributed by atoms with van der Waals surface area (Å²) in [7, 11) is 0. The summed E-state index contributed by atoms with van der Waals surface area (Å²) in [5, 5.41) is 5.89. The van der Waals surface area contributed by atoms with E-state index in [9.17, 15) is 9.59 Å². The second-order valence-electron chi connectivity index (χ2n) is 4.91. The zero-order chi connectivity index (χ0) is 14.5. The standard InChI is InChI=1S/C14H18ClN3O2/c15-13-10(3-1-4-11(13)16)14(20)17-8-2-5-12(19)18-9-6-7-9/h1,3-4,9H,2,5-8,16H2,(H,17,20)(H,18,19). The molecule has 1 fully saturated rings. The first-order valence-electron chi connectivity index (χ1n) is 6.69. The Morgan fingerprint density at radius 1 is 1.35 bits per heavy atom. The summed E-state index contributed by atoms with van der Waals surface area (Å²) >= 11 is 5.97. The number of carbonyl (C=O) groups is 2. The van der Waals surface area contributed by atoms with Crippen molar-refractivity contribution < 1.29 is 9.59 Å². The highest BCUT2D eigenvalue weighted by Crippen LogP contribution is 2.22. The smallest absolute Gasteiger partial charge is 0.252 e. The summed E-state index contributed by atoms with van der Waals surface area (Å²) in [6.07, 6.45) is 3.18. The normalized spacial score (nSPS) is 13.8. The molecule has 2 amide bonds. The minimum absolute atomic E-state index is 0.0451. The van der Waals surface area contributed by atoms with E-state index in [1.54, 1.807) is 18.2 Å². The van der Waals surface area contributed by atoms with Gasteiger partial charge in [0.2, 0.25) is 5.91 Å². The molecule has 0 aliphatic heterocycles. The number of hydrogen-bond donors (Lipinski definition) is 3. The van der Waals surface area contributed by atoms with E-state index < -0.39 is 0 Å². The number of rotatable bonds is 6. The van der Waals surface area contributed by atoms with Crippen molar-refractivity contribution in [3.63, 3.8) is 0 Å². The Bertz CT molecular complexity index is 515. The van der Waals surface area contributed by atoms with Crippen molar-refractivity contribution in [2.45, 2.75) is 31.7 Å². The largest absolute Gasteiger partial charge is 0.398 e. The van der Waals surface area contributed by atoms with E-state index in [4.69, 9.17) is 17.3 Å². The lowest BCUT2D eigenvalue weighted by Gasteiger charge is -2.08. The Morgan fingerprint density at radius 2 is 2.10 bits per heavy atom. The van der Waals surface area contributed by atoms with Gasteiger partial charge in [-0.05, 0) is 31.4 Å². The Morgan fingerprint density at radius 3 is 2.80 bits per heavy atom. The molecule has 0 unspecified atom stereocenters. The third kappa shape index (κ3) is 4.13. The minimum atomic E-state index is -0.273. The predicted octanol–water partition coefficient (Wildman–Crippen LogP) is 1.71. The van der Waals surface area contributed by atoms with Crippen LogP contribution in [-0.2, 0) is 4.79 Å². The van der Waals surface area contributed by atoms with E-state index in [1.165, 1.54) is 0 Å². The van der Waals surface area contributed by atoms with E-state index in [0.717, 1.165) is 12.8 Å². The molecule has 0 aromatic heterocycles. The third-order valence-electron chi connectivity index (χ3n) is 3.08. The van der Waals surface area contributed by atoms with Crippen molar-refractivity contribution >= 4 is 29.1 Å². The second-order valence-corrected chi connectivity index (χ2v) is 5.29. The first-order valence-corrected chi connectivity index (χ1v) is 7.07. The van der Waals surface area contributed by atoms with Crippen LogP contribution in [0.3, 0.4) is 0 Å². The van der Waals surface area contributed by atoms with Crippen molar-refractivity contribution in [3.05, 3.63) is 28.8 Å². The fraction of sp³-hybridized carbons (Fsp3) is 0.429. The molecule has 4 N–H and O–H groups in total. The second kappa shape index (κ2) is 6.61. The summed E-state index contributed by atoms with van der Waals surface area (Å²) in [6.45, 7) is 0.433. The predicted molar refractivity (Wildman–Crippen MR) is 78.6 cm³/mol. The van der Waals surface area contributed by atoms with Gasteiger partial charge in [-0.25, -0.2) is 0 Å². The molecular weight excluding hydrogens is 278 g/mol. The number of anilines is 1. The van der Waals surface area contributed by atoms with Gasteiger partial charge in [-0.15, -0.1) is 0 Å². The number of nitrogens with two attached hydrogens (primary N) is 1. The van der Waals surface area contributed by atoms with Gasteiger partial charge in [0.15, 0.2) is 0 Å². The lowest BCUT2D eigenvalue weighted by Crippen LogP contribution is -2.28. The molecule has 6 heteroatoms. The Labute approximate surface area is 122 Å². The molecule has 0 heterocycles. The molecule has 1 aliphatic carbocycles. The quantitative estimate of drug-likeness (QED) is 0.552. The van der Waals surface area contributed by atoms with Gasteiger partial charge in [0, 0.05) is 19.0 Å². The number of carbonyl (C=O) groups excluding carboxylic acids is 2. The van der Waals surface area contributed by atoms with Crippen LogP contribution < -0.4 is 16.4 Å². The highest BCUT2D eigenvalue weighted by atomic mass is 35.5. The number of amides is 2. The highest BCUT2D eigenvalue weighted by molar-refractivity contribution is 6.36. The van der Waals surface area contributed by atoms with Gasteiger partial charge in [-0.2, -0.15) is 0 Å². The van der Waals surface area contributed by atoms with Crippen molar-refractivity contribution in [1.82, 2.24) is 10.6 Å². The molecular formula is C14H18ClN3O2. The molecule has 108 valence electrons. The van der Waals surface area contributed by atoms with Gasteiger partial charge in [0.1, 0.15) is 0 Å². The average Bonchev–Trinajstić information content (AvgIpc) is 3.21. The van der Waals surface area contributed by atoms with Crippen molar-refractivity contribution in [1.29, 1.82) is 0 Å². The van der Waals surface area contributed by atoms with E-state index in [0.29, 0.717) is 36.7 Å². The molecule has 0 atom stereocenters. The van der Waals surface area contributed by atoms with Crippen LogP contribution in [0.25, 0.3) is 0 Å². The highest BCUT2D eigenvalue weighted by Gasteiger charge is 2.22. The zero-order valence-corrected chi connectivity index (χ0v) is 11.9. The van der Waals surface area contributed by atoms with E-state index >= 15 is 0 Å². The summed E-state index contributed by atoms with van der Waals surface area (Å²) < 4.78 is 0. The lowest BCUT2D eigenvalue weighted by molar-refractivity contribution is -0.121. The number of hydrogen-bond acceptors (Lipinski definition) is 3. The van der Waals surface area contributed by atoms with Crippen molar-refractivity contribution in [2.24, 2.45) is 0 Å². The number of halogens is 1. The fourth-order valence-corrected chi connectivity index (χ4v) is 2.01.